The molecule has 0 atom stereocenters. The minimum atomic E-state index is -2.87. The standard InChI is InChI=1S/C28H24ClF2N5O3/c1-28(2,38)27-32-9-8-20(35-27)21-12-23-16(13-33-21)6-4-3-5-7-18-11-24(25(29)26(37)36(18)23)39-15-22-19(31)10-17(30)14-34-22/h4,6,8-14,38H,3,5,7,15H2,1-2H3/b6-4+/i15D2. The van der Waals surface area contributed by atoms with Gasteiger partial charge in [0.2, 0.25) is 0 Å². The van der Waals surface area contributed by atoms with Crippen molar-refractivity contribution in [3.05, 3.63) is 98.7 Å². The first-order chi connectivity index (χ1) is 19.3. The summed E-state index contributed by atoms with van der Waals surface area (Å²) in [6.45, 7) is 0.260. The van der Waals surface area contributed by atoms with Gasteiger partial charge in [-0.3, -0.25) is 19.3 Å². The lowest BCUT2D eigenvalue weighted by Crippen LogP contribution is -2.24. The van der Waals surface area contributed by atoms with Crippen LogP contribution in [0.4, 0.5) is 8.78 Å². The van der Waals surface area contributed by atoms with E-state index in [4.69, 9.17) is 19.1 Å². The van der Waals surface area contributed by atoms with Gasteiger partial charge in [-0.15, -0.1) is 0 Å². The first-order valence-corrected chi connectivity index (χ1v) is 12.4. The highest BCUT2D eigenvalue weighted by Crippen LogP contribution is 2.30. The van der Waals surface area contributed by atoms with Crippen LogP contribution < -0.4 is 10.3 Å². The molecule has 0 fully saturated rings. The van der Waals surface area contributed by atoms with Crippen molar-refractivity contribution in [2.24, 2.45) is 0 Å². The third kappa shape index (κ3) is 5.57. The third-order valence-corrected chi connectivity index (χ3v) is 6.32. The van der Waals surface area contributed by atoms with Crippen molar-refractivity contribution in [3.8, 4) is 22.8 Å². The highest BCUT2D eigenvalue weighted by molar-refractivity contribution is 6.31. The van der Waals surface area contributed by atoms with E-state index in [1.54, 1.807) is 32.2 Å². The quantitative estimate of drug-likeness (QED) is 0.363. The van der Waals surface area contributed by atoms with Crippen LogP contribution in [0.15, 0.2) is 53.7 Å². The van der Waals surface area contributed by atoms with Gasteiger partial charge in [0.25, 0.3) is 5.56 Å². The zero-order valence-corrected chi connectivity index (χ0v) is 21.7. The lowest BCUT2D eigenvalue weighted by atomic mass is 10.1. The second-order valence-corrected chi connectivity index (χ2v) is 9.77. The van der Waals surface area contributed by atoms with E-state index < -0.39 is 40.1 Å². The van der Waals surface area contributed by atoms with Crippen LogP contribution in [-0.2, 0) is 18.6 Å². The van der Waals surface area contributed by atoms with Crippen molar-refractivity contribution in [3.63, 3.8) is 0 Å². The number of aromatic nitrogens is 5. The molecule has 4 aromatic heterocycles. The predicted octanol–water partition coefficient (Wildman–Crippen LogP) is 5.17. The summed E-state index contributed by atoms with van der Waals surface area (Å²) in [6, 6.07) is 5.21. The van der Waals surface area contributed by atoms with Gasteiger partial charge < -0.3 is 9.84 Å². The summed E-state index contributed by atoms with van der Waals surface area (Å²) in [5.41, 5.74) is -0.424. The number of rotatable bonds is 5. The normalized spacial score (nSPS) is 15.1. The van der Waals surface area contributed by atoms with Gasteiger partial charge in [0.05, 0.1) is 26.0 Å². The Labute approximate surface area is 230 Å². The van der Waals surface area contributed by atoms with Crippen LogP contribution in [0.1, 0.15) is 52.2 Å². The predicted molar refractivity (Wildman–Crippen MR) is 142 cm³/mol. The van der Waals surface area contributed by atoms with Crippen molar-refractivity contribution in [1.29, 1.82) is 0 Å². The number of nitrogens with zero attached hydrogens (tertiary/aromatic N) is 5. The summed E-state index contributed by atoms with van der Waals surface area (Å²) >= 11 is 6.44. The average molecular weight is 554 g/mol. The number of hydrogen-bond donors (Lipinski definition) is 1. The summed E-state index contributed by atoms with van der Waals surface area (Å²) in [7, 11) is 0. The van der Waals surface area contributed by atoms with Crippen LogP contribution in [0.5, 0.6) is 5.75 Å². The molecule has 0 amide bonds. The average Bonchev–Trinajstić information content (AvgIpc) is 2.99. The van der Waals surface area contributed by atoms with Crippen molar-refractivity contribution in [2.45, 2.75) is 45.3 Å². The smallest absolute Gasteiger partial charge is 0.277 e. The number of fused-ring (bicyclic) bond motifs is 3. The first-order valence-electron chi connectivity index (χ1n) is 13.0. The topological polar surface area (TPSA) is 103 Å². The van der Waals surface area contributed by atoms with Gasteiger partial charge in [-0.1, -0.05) is 23.8 Å². The summed E-state index contributed by atoms with van der Waals surface area (Å²) in [4.78, 5) is 30.3. The molecule has 0 aromatic carbocycles. The summed E-state index contributed by atoms with van der Waals surface area (Å²) < 4.78 is 51.0. The zero-order valence-electron chi connectivity index (χ0n) is 23.0. The molecule has 1 N–H and O–H groups in total. The van der Waals surface area contributed by atoms with Crippen LogP contribution in [0.2, 0.25) is 5.02 Å². The number of hydrogen-bond acceptors (Lipinski definition) is 7. The summed E-state index contributed by atoms with van der Waals surface area (Å²) in [6.07, 6.45) is 9.28. The second-order valence-electron chi connectivity index (χ2n) is 9.39. The molecular weight excluding hydrogens is 528 g/mol. The minimum Gasteiger partial charge on any atom is -0.485 e. The number of aliphatic hydroxyl groups is 1. The number of pyridine rings is 3. The number of halogens is 3. The van der Waals surface area contributed by atoms with Gasteiger partial charge in [-0.25, -0.2) is 18.7 Å². The maximum Gasteiger partial charge on any atom is 0.277 e. The molecule has 11 heteroatoms. The van der Waals surface area contributed by atoms with Crippen LogP contribution in [-0.4, -0.2) is 29.6 Å². The lowest BCUT2D eigenvalue weighted by Gasteiger charge is -2.19. The molecule has 39 heavy (non-hydrogen) atoms. The number of aryl methyl sites for hydroxylation is 1. The molecule has 0 saturated carbocycles. The van der Waals surface area contributed by atoms with Gasteiger partial charge in [0.15, 0.2) is 11.6 Å². The molecule has 1 aliphatic rings. The Morgan fingerprint density at radius 2 is 2.00 bits per heavy atom. The molecule has 0 aliphatic carbocycles. The van der Waals surface area contributed by atoms with Gasteiger partial charge in [0.1, 0.15) is 34.4 Å². The Morgan fingerprint density at radius 1 is 1.18 bits per heavy atom. The van der Waals surface area contributed by atoms with Gasteiger partial charge >= 0.3 is 0 Å². The van der Waals surface area contributed by atoms with Crippen LogP contribution in [0, 0.1) is 11.6 Å². The summed E-state index contributed by atoms with van der Waals surface area (Å²) in [5.74, 6) is -2.34. The molecule has 200 valence electrons. The molecule has 1 aliphatic heterocycles. The highest BCUT2D eigenvalue weighted by Gasteiger charge is 2.22. The Morgan fingerprint density at radius 3 is 2.77 bits per heavy atom. The highest BCUT2D eigenvalue weighted by atomic mass is 35.5. The molecular formula is C28H24ClF2N5O3. The van der Waals surface area contributed by atoms with Crippen LogP contribution >= 0.6 is 11.6 Å². The van der Waals surface area contributed by atoms with Crippen molar-refractivity contribution < 1.29 is 21.4 Å². The van der Waals surface area contributed by atoms with E-state index in [1.807, 2.05) is 12.2 Å². The van der Waals surface area contributed by atoms with Gasteiger partial charge in [0, 0.05) is 35.8 Å². The second kappa shape index (κ2) is 10.6. The van der Waals surface area contributed by atoms with E-state index in [9.17, 15) is 18.7 Å². The Bertz CT molecular complexity index is 1740. The van der Waals surface area contributed by atoms with E-state index >= 15 is 0 Å². The Kier molecular flexibility index (Phi) is 6.55. The van der Waals surface area contributed by atoms with Gasteiger partial charge in [-0.05, 0) is 45.2 Å². The zero-order chi connectivity index (χ0) is 29.5. The maximum absolute atomic E-state index is 14.3. The van der Waals surface area contributed by atoms with E-state index in [1.165, 1.54) is 16.8 Å². The molecule has 4 aromatic rings. The lowest BCUT2D eigenvalue weighted by molar-refractivity contribution is 0.0688. The number of allylic oxidation sites excluding steroid dienone is 1. The van der Waals surface area contributed by atoms with Crippen molar-refractivity contribution in [1.82, 2.24) is 24.5 Å². The van der Waals surface area contributed by atoms with Gasteiger partial charge in [-0.2, -0.15) is 0 Å². The fraction of sp³-hybridized carbons (Fsp3) is 0.250. The van der Waals surface area contributed by atoms with E-state index in [0.717, 1.165) is 0 Å². The minimum absolute atomic E-state index is 0.198. The Balaban J connectivity index is 1.64. The molecule has 5 heterocycles. The monoisotopic (exact) mass is 553 g/mol. The fourth-order valence-corrected chi connectivity index (χ4v) is 4.23. The first kappa shape index (κ1) is 24.1. The third-order valence-electron chi connectivity index (χ3n) is 5.98. The Hall–Kier alpha value is -4.02. The summed E-state index contributed by atoms with van der Waals surface area (Å²) in [5, 5.41) is 9.92. The molecule has 0 spiro atoms. The van der Waals surface area contributed by atoms with Crippen LogP contribution in [0.25, 0.3) is 23.2 Å². The molecule has 0 unspecified atom stereocenters. The number of ether oxygens (including phenoxy) is 1. The van der Waals surface area contributed by atoms with E-state index in [-0.39, 0.29) is 11.6 Å². The van der Waals surface area contributed by atoms with Crippen molar-refractivity contribution >= 4 is 17.7 Å². The molecule has 5 rings (SSSR count). The largest absolute Gasteiger partial charge is 0.485 e. The van der Waals surface area contributed by atoms with Crippen molar-refractivity contribution in [2.75, 3.05) is 0 Å². The molecule has 0 radical (unpaired) electrons. The van der Waals surface area contributed by atoms with E-state index in [2.05, 4.69) is 19.9 Å². The van der Waals surface area contributed by atoms with E-state index in [0.29, 0.717) is 59.9 Å². The SMILES string of the molecule is [2H]C([2H])(Oc1cc2n(c(=O)c1Cl)-c1cc(-c3ccnc(C(C)(C)O)n3)ncc1/C=C/CCC2)c1ncc(F)cc1F. The molecule has 8 nitrogen and oxygen atoms in total. The fourth-order valence-electron chi connectivity index (χ4n) is 4.05. The molecule has 0 saturated heterocycles. The molecule has 0 bridgehead atoms. The van der Waals surface area contributed by atoms with Crippen LogP contribution in [0.3, 0.4) is 0 Å². The maximum atomic E-state index is 14.3.